The van der Waals surface area contributed by atoms with Gasteiger partial charge < -0.3 is 5.11 Å². The standard InChI is InChI=1S/C18H15NO/c1-13-11-15-9-5-6-10-16(15)19-17(13)12-18(20)14-7-3-2-4-8-14/h2-12,20H,1H3/b18-12-. The number of pyridine rings is 1. The Hall–Kier alpha value is -2.61. The van der Waals surface area contributed by atoms with Crippen molar-refractivity contribution in [3.8, 4) is 0 Å². The number of para-hydroxylation sites is 1. The lowest BCUT2D eigenvalue weighted by molar-refractivity contribution is 0.515. The van der Waals surface area contributed by atoms with Gasteiger partial charge in [-0.25, -0.2) is 4.98 Å². The number of aliphatic hydroxyl groups excluding tert-OH is 1. The zero-order chi connectivity index (χ0) is 13.9. The summed E-state index contributed by atoms with van der Waals surface area (Å²) in [6, 6.07) is 19.6. The van der Waals surface area contributed by atoms with Gasteiger partial charge in [0.1, 0.15) is 5.76 Å². The van der Waals surface area contributed by atoms with Crippen LogP contribution in [0.1, 0.15) is 16.8 Å². The van der Waals surface area contributed by atoms with Crippen molar-refractivity contribution in [2.45, 2.75) is 6.92 Å². The summed E-state index contributed by atoms with van der Waals surface area (Å²) in [6.07, 6.45) is 1.72. The molecule has 0 fully saturated rings. The topological polar surface area (TPSA) is 33.1 Å². The summed E-state index contributed by atoms with van der Waals surface area (Å²) < 4.78 is 0. The van der Waals surface area contributed by atoms with Gasteiger partial charge in [0.2, 0.25) is 0 Å². The number of hydrogen-bond donors (Lipinski definition) is 1. The molecular weight excluding hydrogens is 246 g/mol. The number of fused-ring (bicyclic) bond motifs is 1. The van der Waals surface area contributed by atoms with Crippen LogP contribution in [0.4, 0.5) is 0 Å². The molecule has 98 valence electrons. The number of aromatic nitrogens is 1. The van der Waals surface area contributed by atoms with E-state index < -0.39 is 0 Å². The molecule has 2 nitrogen and oxygen atoms in total. The highest BCUT2D eigenvalue weighted by Gasteiger charge is 2.04. The molecule has 2 heteroatoms. The third-order valence-corrected chi connectivity index (χ3v) is 3.30. The van der Waals surface area contributed by atoms with E-state index in [-0.39, 0.29) is 5.76 Å². The largest absolute Gasteiger partial charge is 0.507 e. The molecule has 0 radical (unpaired) electrons. The van der Waals surface area contributed by atoms with Crippen LogP contribution in [0.3, 0.4) is 0 Å². The van der Waals surface area contributed by atoms with Crippen LogP contribution in [-0.2, 0) is 0 Å². The zero-order valence-electron chi connectivity index (χ0n) is 11.2. The fourth-order valence-corrected chi connectivity index (χ4v) is 2.20. The van der Waals surface area contributed by atoms with E-state index >= 15 is 0 Å². The Morgan fingerprint density at radius 2 is 1.70 bits per heavy atom. The average Bonchev–Trinajstić information content (AvgIpc) is 2.49. The van der Waals surface area contributed by atoms with E-state index in [4.69, 9.17) is 0 Å². The monoisotopic (exact) mass is 261 g/mol. The van der Waals surface area contributed by atoms with Gasteiger partial charge in [-0.1, -0.05) is 48.5 Å². The predicted molar refractivity (Wildman–Crippen MR) is 83.4 cm³/mol. The fraction of sp³-hybridized carbons (Fsp3) is 0.0556. The molecule has 0 aliphatic heterocycles. The van der Waals surface area contributed by atoms with Crippen LogP contribution in [0.25, 0.3) is 22.7 Å². The van der Waals surface area contributed by atoms with Crippen molar-refractivity contribution >= 4 is 22.7 Å². The number of benzene rings is 2. The number of aryl methyl sites for hydroxylation is 1. The van der Waals surface area contributed by atoms with Gasteiger partial charge >= 0.3 is 0 Å². The highest BCUT2D eigenvalue weighted by molar-refractivity contribution is 5.83. The van der Waals surface area contributed by atoms with Gasteiger partial charge in [-0.05, 0) is 24.6 Å². The van der Waals surface area contributed by atoms with Gasteiger partial charge in [-0.3, -0.25) is 0 Å². The van der Waals surface area contributed by atoms with Crippen molar-refractivity contribution in [1.29, 1.82) is 0 Å². The van der Waals surface area contributed by atoms with Crippen LogP contribution in [-0.4, -0.2) is 10.1 Å². The number of rotatable bonds is 2. The second-order valence-electron chi connectivity index (χ2n) is 4.78. The molecule has 0 unspecified atom stereocenters. The minimum Gasteiger partial charge on any atom is -0.507 e. The quantitative estimate of drug-likeness (QED) is 0.684. The Morgan fingerprint density at radius 3 is 2.50 bits per heavy atom. The molecule has 0 bridgehead atoms. The lowest BCUT2D eigenvalue weighted by Crippen LogP contribution is -1.90. The first-order chi connectivity index (χ1) is 9.74. The third kappa shape index (κ3) is 2.41. The van der Waals surface area contributed by atoms with Gasteiger partial charge in [-0.15, -0.1) is 0 Å². The van der Waals surface area contributed by atoms with E-state index in [1.54, 1.807) is 6.08 Å². The van der Waals surface area contributed by atoms with E-state index in [1.165, 1.54) is 0 Å². The fourth-order valence-electron chi connectivity index (χ4n) is 2.20. The molecule has 0 saturated heterocycles. The van der Waals surface area contributed by atoms with Crippen molar-refractivity contribution < 1.29 is 5.11 Å². The minimum absolute atomic E-state index is 0.233. The summed E-state index contributed by atoms with van der Waals surface area (Å²) in [6.45, 7) is 2.00. The molecule has 0 spiro atoms. The first-order valence-corrected chi connectivity index (χ1v) is 6.56. The Labute approximate surface area is 118 Å². The highest BCUT2D eigenvalue weighted by Crippen LogP contribution is 2.20. The predicted octanol–water partition coefficient (Wildman–Crippen LogP) is 4.60. The molecule has 1 N–H and O–H groups in total. The second kappa shape index (κ2) is 5.17. The average molecular weight is 261 g/mol. The first kappa shape index (κ1) is 12.4. The highest BCUT2D eigenvalue weighted by atomic mass is 16.3. The zero-order valence-corrected chi connectivity index (χ0v) is 11.2. The molecule has 0 saturated carbocycles. The minimum atomic E-state index is 0.233. The molecule has 1 heterocycles. The Kier molecular flexibility index (Phi) is 3.21. The number of nitrogens with zero attached hydrogens (tertiary/aromatic N) is 1. The van der Waals surface area contributed by atoms with Crippen LogP contribution in [0.2, 0.25) is 0 Å². The second-order valence-corrected chi connectivity index (χ2v) is 4.78. The molecule has 0 aliphatic carbocycles. The number of hydrogen-bond acceptors (Lipinski definition) is 2. The maximum atomic E-state index is 10.2. The van der Waals surface area contributed by atoms with Crippen molar-refractivity contribution in [3.05, 3.63) is 77.5 Å². The lowest BCUT2D eigenvalue weighted by atomic mass is 10.1. The Morgan fingerprint density at radius 1 is 1.00 bits per heavy atom. The summed E-state index contributed by atoms with van der Waals surface area (Å²) in [5.41, 5.74) is 3.57. The maximum absolute atomic E-state index is 10.2. The van der Waals surface area contributed by atoms with E-state index in [9.17, 15) is 5.11 Å². The summed E-state index contributed by atoms with van der Waals surface area (Å²) in [7, 11) is 0. The van der Waals surface area contributed by atoms with Gasteiger partial charge in [0.15, 0.2) is 0 Å². The molecule has 0 aliphatic rings. The number of aliphatic hydroxyl groups is 1. The van der Waals surface area contributed by atoms with Crippen LogP contribution in [0.5, 0.6) is 0 Å². The van der Waals surface area contributed by atoms with Crippen LogP contribution < -0.4 is 0 Å². The van der Waals surface area contributed by atoms with Gasteiger partial charge in [0, 0.05) is 17.0 Å². The first-order valence-electron chi connectivity index (χ1n) is 6.56. The molecule has 3 aromatic rings. The van der Waals surface area contributed by atoms with Gasteiger partial charge in [0.25, 0.3) is 0 Å². The third-order valence-electron chi connectivity index (χ3n) is 3.30. The molecule has 3 rings (SSSR count). The van der Waals surface area contributed by atoms with Crippen molar-refractivity contribution in [2.24, 2.45) is 0 Å². The molecule has 2 aromatic carbocycles. The molecule has 0 amide bonds. The van der Waals surface area contributed by atoms with Crippen molar-refractivity contribution in [3.63, 3.8) is 0 Å². The Bertz CT molecular complexity index is 776. The summed E-state index contributed by atoms with van der Waals surface area (Å²) in [4.78, 5) is 4.60. The molecular formula is C18H15NO. The van der Waals surface area contributed by atoms with E-state index in [2.05, 4.69) is 11.1 Å². The van der Waals surface area contributed by atoms with Crippen molar-refractivity contribution in [1.82, 2.24) is 4.98 Å². The van der Waals surface area contributed by atoms with Crippen LogP contribution >= 0.6 is 0 Å². The molecule has 0 atom stereocenters. The normalized spacial score (nSPS) is 11.8. The lowest BCUT2D eigenvalue weighted by Gasteiger charge is -2.05. The summed E-state index contributed by atoms with van der Waals surface area (Å²) >= 11 is 0. The summed E-state index contributed by atoms with van der Waals surface area (Å²) in [5.74, 6) is 0.233. The molecule has 1 aromatic heterocycles. The molecule has 20 heavy (non-hydrogen) atoms. The smallest absolute Gasteiger partial charge is 0.124 e. The van der Waals surface area contributed by atoms with E-state index in [0.29, 0.717) is 0 Å². The Balaban J connectivity index is 2.08. The van der Waals surface area contributed by atoms with Gasteiger partial charge in [-0.2, -0.15) is 0 Å². The maximum Gasteiger partial charge on any atom is 0.124 e. The van der Waals surface area contributed by atoms with Crippen LogP contribution in [0, 0.1) is 6.92 Å². The van der Waals surface area contributed by atoms with Crippen LogP contribution in [0.15, 0.2) is 60.7 Å². The van der Waals surface area contributed by atoms with E-state index in [0.717, 1.165) is 27.7 Å². The van der Waals surface area contributed by atoms with Gasteiger partial charge in [0.05, 0.1) is 11.2 Å². The van der Waals surface area contributed by atoms with E-state index in [1.807, 2.05) is 61.5 Å². The summed E-state index contributed by atoms with van der Waals surface area (Å²) in [5, 5.41) is 11.3. The van der Waals surface area contributed by atoms with Crippen molar-refractivity contribution in [2.75, 3.05) is 0 Å². The SMILES string of the molecule is Cc1cc2ccccc2nc1/C=C(\O)c1ccccc1.